The van der Waals surface area contributed by atoms with E-state index in [1.165, 1.54) is 44.3 Å². The predicted molar refractivity (Wildman–Crippen MR) is 150 cm³/mol. The van der Waals surface area contributed by atoms with Crippen molar-refractivity contribution < 1.29 is 4.57 Å². The summed E-state index contributed by atoms with van der Waals surface area (Å²) in [5.74, 6) is 1.16. The first-order chi connectivity index (χ1) is 17.4. The van der Waals surface area contributed by atoms with E-state index in [4.69, 9.17) is 0 Å². The van der Waals surface area contributed by atoms with Crippen LogP contribution in [0.2, 0.25) is 0 Å². The Hall–Kier alpha value is -4.11. The lowest BCUT2D eigenvalue weighted by molar-refractivity contribution is -0.602. The van der Waals surface area contributed by atoms with E-state index in [1.807, 2.05) is 0 Å². The fourth-order valence-corrected chi connectivity index (χ4v) is 5.71. The van der Waals surface area contributed by atoms with Crippen LogP contribution >= 0.6 is 0 Å². The highest BCUT2D eigenvalue weighted by atomic mass is 15.2. The largest absolute Gasteiger partial charge is 0.305 e. The Labute approximate surface area is 212 Å². The summed E-state index contributed by atoms with van der Waals surface area (Å²) >= 11 is 0. The average Bonchev–Trinajstić information content (AvgIpc) is 3.41. The van der Waals surface area contributed by atoms with Crippen LogP contribution in [0.15, 0.2) is 103 Å². The second kappa shape index (κ2) is 8.23. The molecule has 3 nitrogen and oxygen atoms in total. The topological polar surface area (TPSA) is 13.7 Å². The smallest absolute Gasteiger partial charge is 0.263 e. The zero-order chi connectivity index (χ0) is 25.0. The van der Waals surface area contributed by atoms with Crippen molar-refractivity contribution >= 4 is 21.8 Å². The number of nitrogens with zero attached hydrogens (tertiary/aromatic N) is 3. The Morgan fingerprint density at radius 2 is 1.22 bits per heavy atom. The van der Waals surface area contributed by atoms with Crippen LogP contribution in [-0.4, -0.2) is 9.13 Å². The molecule has 0 unspecified atom stereocenters. The molecule has 0 bridgehead atoms. The third-order valence-electron chi connectivity index (χ3n) is 7.40. The Balaban J connectivity index is 1.57. The number of aromatic nitrogens is 3. The number of hydrogen-bond donors (Lipinski definition) is 0. The molecule has 6 rings (SSSR count). The van der Waals surface area contributed by atoms with Gasteiger partial charge in [0.2, 0.25) is 0 Å². The average molecular weight is 471 g/mol. The number of fused-ring (bicyclic) bond motifs is 3. The van der Waals surface area contributed by atoms with Gasteiger partial charge in [0.1, 0.15) is 18.1 Å². The van der Waals surface area contributed by atoms with Crippen LogP contribution in [0.3, 0.4) is 0 Å². The van der Waals surface area contributed by atoms with Gasteiger partial charge in [0, 0.05) is 17.7 Å². The summed E-state index contributed by atoms with van der Waals surface area (Å²) in [5.41, 5.74) is 8.80. The summed E-state index contributed by atoms with van der Waals surface area (Å²) in [5, 5.41) is 2.55. The van der Waals surface area contributed by atoms with Crippen LogP contribution in [0, 0.1) is 13.8 Å². The lowest BCUT2D eigenvalue weighted by atomic mass is 9.83. The molecule has 0 fully saturated rings. The van der Waals surface area contributed by atoms with Gasteiger partial charge in [0.05, 0.1) is 16.7 Å². The molecular formula is C33H32N3+. The van der Waals surface area contributed by atoms with Crippen molar-refractivity contribution in [3.05, 3.63) is 120 Å². The molecule has 178 valence electrons. The van der Waals surface area contributed by atoms with Crippen molar-refractivity contribution in [1.82, 2.24) is 9.13 Å². The Morgan fingerprint density at radius 1 is 0.639 bits per heavy atom. The predicted octanol–water partition coefficient (Wildman–Crippen LogP) is 7.77. The van der Waals surface area contributed by atoms with Gasteiger partial charge in [-0.3, -0.25) is 0 Å². The molecule has 0 atom stereocenters. The van der Waals surface area contributed by atoms with Gasteiger partial charge < -0.3 is 4.57 Å². The maximum atomic E-state index is 2.40. The highest BCUT2D eigenvalue weighted by molar-refractivity contribution is 6.09. The Kier molecular flexibility index (Phi) is 5.11. The highest BCUT2D eigenvalue weighted by Crippen LogP contribution is 2.34. The number of benzene rings is 4. The van der Waals surface area contributed by atoms with E-state index >= 15 is 0 Å². The minimum atomic E-state index is 0.0975. The van der Waals surface area contributed by atoms with Crippen molar-refractivity contribution in [3.63, 3.8) is 0 Å². The molecule has 0 N–H and O–H groups in total. The van der Waals surface area contributed by atoms with Gasteiger partial charge in [-0.05, 0) is 53.8 Å². The van der Waals surface area contributed by atoms with E-state index in [2.05, 4.69) is 152 Å². The molecule has 3 heteroatoms. The molecule has 6 aromatic rings. The van der Waals surface area contributed by atoms with Gasteiger partial charge in [-0.2, -0.15) is 9.13 Å². The molecule has 2 heterocycles. The molecule has 0 spiro atoms. The third-order valence-corrected chi connectivity index (χ3v) is 7.40. The standard InChI is InChI=1S/C33H32N3/c1-23-27(33(3,4)5)15-12-20-28(23)34-21-22-35(24(34)2)31-18-10-11-19-32(31)36-29-16-8-6-13-25(29)26-14-7-9-17-30(26)36/h6-22H,1-5H3/q+1. The van der Waals surface area contributed by atoms with Gasteiger partial charge in [0.25, 0.3) is 5.82 Å². The van der Waals surface area contributed by atoms with Gasteiger partial charge in [-0.25, -0.2) is 0 Å². The summed E-state index contributed by atoms with van der Waals surface area (Å²) in [6.45, 7) is 11.3. The van der Waals surface area contributed by atoms with Gasteiger partial charge in [0.15, 0.2) is 5.69 Å². The zero-order valence-electron chi connectivity index (χ0n) is 21.7. The van der Waals surface area contributed by atoms with Crippen molar-refractivity contribution in [2.24, 2.45) is 0 Å². The molecule has 0 aliphatic rings. The molecule has 0 saturated heterocycles. The fraction of sp³-hybridized carbons (Fsp3) is 0.182. The summed E-state index contributed by atoms with van der Waals surface area (Å²) < 4.78 is 7.02. The van der Waals surface area contributed by atoms with Gasteiger partial charge >= 0.3 is 0 Å². The number of hydrogen-bond acceptors (Lipinski definition) is 0. The van der Waals surface area contributed by atoms with Crippen LogP contribution in [0.1, 0.15) is 37.7 Å². The number of rotatable bonds is 3. The summed E-state index contributed by atoms with van der Waals surface area (Å²) in [7, 11) is 0. The maximum absolute atomic E-state index is 2.40. The minimum Gasteiger partial charge on any atom is -0.305 e. The Bertz CT molecular complexity index is 1690. The number of para-hydroxylation sites is 4. The molecule has 2 aromatic heterocycles. The highest BCUT2D eigenvalue weighted by Gasteiger charge is 2.24. The number of imidazole rings is 1. The van der Waals surface area contributed by atoms with Crippen molar-refractivity contribution in [1.29, 1.82) is 0 Å². The molecule has 4 aromatic carbocycles. The zero-order valence-corrected chi connectivity index (χ0v) is 21.7. The van der Waals surface area contributed by atoms with Crippen molar-refractivity contribution in [2.45, 2.75) is 40.0 Å². The van der Waals surface area contributed by atoms with E-state index in [9.17, 15) is 0 Å². The van der Waals surface area contributed by atoms with Crippen molar-refractivity contribution in [2.75, 3.05) is 0 Å². The maximum Gasteiger partial charge on any atom is 0.263 e. The summed E-state index contributed by atoms with van der Waals surface area (Å²) in [6, 6.07) is 32.7. The first kappa shape index (κ1) is 22.4. The van der Waals surface area contributed by atoms with Crippen LogP contribution < -0.4 is 4.57 Å². The van der Waals surface area contributed by atoms with E-state index in [0.29, 0.717) is 0 Å². The minimum absolute atomic E-state index is 0.0975. The van der Waals surface area contributed by atoms with Crippen LogP contribution in [0.25, 0.3) is 38.9 Å². The lowest BCUT2D eigenvalue weighted by Gasteiger charge is -2.22. The second-order valence-electron chi connectivity index (χ2n) is 10.6. The lowest BCUT2D eigenvalue weighted by Crippen LogP contribution is -2.34. The Morgan fingerprint density at radius 3 is 1.86 bits per heavy atom. The van der Waals surface area contributed by atoms with Crippen LogP contribution in [0.4, 0.5) is 0 Å². The van der Waals surface area contributed by atoms with E-state index < -0.39 is 0 Å². The third kappa shape index (κ3) is 3.38. The first-order valence-electron chi connectivity index (χ1n) is 12.6. The van der Waals surface area contributed by atoms with Crippen LogP contribution in [-0.2, 0) is 5.41 Å². The van der Waals surface area contributed by atoms with Crippen molar-refractivity contribution in [3.8, 4) is 17.1 Å². The summed E-state index contributed by atoms with van der Waals surface area (Å²) in [4.78, 5) is 0. The molecule has 0 saturated carbocycles. The van der Waals surface area contributed by atoms with E-state index in [0.717, 1.165) is 11.5 Å². The normalized spacial score (nSPS) is 12.0. The molecule has 0 aliphatic carbocycles. The van der Waals surface area contributed by atoms with Crippen LogP contribution in [0.5, 0.6) is 0 Å². The van der Waals surface area contributed by atoms with Gasteiger partial charge in [-0.1, -0.05) is 81.4 Å². The fourth-order valence-electron chi connectivity index (χ4n) is 5.71. The molecule has 0 radical (unpaired) electrons. The van der Waals surface area contributed by atoms with E-state index in [-0.39, 0.29) is 5.41 Å². The SMILES string of the molecule is Cc1c(-[n+]2ccn(-c3ccccc3-n3c4ccccc4c4ccccc43)c2C)cccc1C(C)(C)C. The van der Waals surface area contributed by atoms with Gasteiger partial charge in [-0.15, -0.1) is 0 Å². The first-order valence-corrected chi connectivity index (χ1v) is 12.6. The molecule has 0 aliphatic heterocycles. The summed E-state index contributed by atoms with van der Waals surface area (Å²) in [6.07, 6.45) is 4.37. The second-order valence-corrected chi connectivity index (χ2v) is 10.6. The quantitative estimate of drug-likeness (QED) is 0.235. The monoisotopic (exact) mass is 470 g/mol. The van der Waals surface area contributed by atoms with E-state index in [1.54, 1.807) is 0 Å². The molecular weight excluding hydrogens is 438 g/mol. The molecule has 0 amide bonds. The molecule has 36 heavy (non-hydrogen) atoms.